The van der Waals surface area contributed by atoms with Crippen LogP contribution in [0, 0.1) is 0 Å². The quantitative estimate of drug-likeness (QED) is 0.115. The van der Waals surface area contributed by atoms with Crippen molar-refractivity contribution in [2.45, 2.75) is 0 Å². The maximum Gasteiger partial charge on any atom is 0.164 e. The maximum atomic E-state index is 5.23. The number of aromatic nitrogens is 11. The lowest BCUT2D eigenvalue weighted by atomic mass is 9.98. The van der Waals surface area contributed by atoms with Gasteiger partial charge in [0.1, 0.15) is 0 Å². The van der Waals surface area contributed by atoms with Crippen molar-refractivity contribution in [2.24, 2.45) is 0 Å². The van der Waals surface area contributed by atoms with Crippen molar-refractivity contribution in [3.8, 4) is 136 Å². The van der Waals surface area contributed by atoms with Crippen LogP contribution in [-0.4, -0.2) is 54.8 Å². The van der Waals surface area contributed by atoms with Gasteiger partial charge in [-0.2, -0.15) is 0 Å². The van der Waals surface area contributed by atoms with Gasteiger partial charge in [0, 0.05) is 78.4 Å². The summed E-state index contributed by atoms with van der Waals surface area (Å²) in [6.45, 7) is 0. The summed E-state index contributed by atoms with van der Waals surface area (Å²) < 4.78 is 0. The first-order valence-corrected chi connectivity index (χ1v) is 33.0. The molecule has 18 aromatic rings. The van der Waals surface area contributed by atoms with Gasteiger partial charge in [0.25, 0.3) is 0 Å². The number of pyridine rings is 6. The molecule has 0 aliphatic carbocycles. The first kappa shape index (κ1) is 59.9. The Bertz CT molecular complexity index is 5540. The van der Waals surface area contributed by atoms with E-state index in [1.165, 1.54) is 0 Å². The van der Waals surface area contributed by atoms with Crippen molar-refractivity contribution in [3.05, 3.63) is 346 Å². The Morgan fingerprint density at radius 2 is 0.450 bits per heavy atom. The Labute approximate surface area is 576 Å². The highest BCUT2D eigenvalue weighted by molar-refractivity contribution is 5.94. The Balaban J connectivity index is 0.000000150. The van der Waals surface area contributed by atoms with Gasteiger partial charge >= 0.3 is 0 Å². The first-order chi connectivity index (χ1) is 49.5. The van der Waals surface area contributed by atoms with Crippen LogP contribution < -0.4 is 0 Å². The fourth-order valence-electron chi connectivity index (χ4n) is 12.6. The van der Waals surface area contributed by atoms with Crippen LogP contribution in [0.4, 0.5) is 0 Å². The summed E-state index contributed by atoms with van der Waals surface area (Å²) in [5.41, 5.74) is 22.5. The number of rotatable bonds is 12. The third-order valence-electron chi connectivity index (χ3n) is 17.7. The minimum absolute atomic E-state index is 0.595. The zero-order valence-electron chi connectivity index (χ0n) is 53.8. The first-order valence-electron chi connectivity index (χ1n) is 33.0. The zero-order chi connectivity index (χ0) is 66.6. The number of hydrogen-bond acceptors (Lipinski definition) is 11. The largest absolute Gasteiger partial charge is 0.255 e. The van der Waals surface area contributed by atoms with Gasteiger partial charge in [0.05, 0.1) is 67.6 Å². The van der Waals surface area contributed by atoms with E-state index in [0.717, 1.165) is 156 Å². The average molecular weight is 1280 g/mol. The molecule has 18 rings (SSSR count). The van der Waals surface area contributed by atoms with Gasteiger partial charge in [-0.15, -0.1) is 0 Å². The zero-order valence-corrected chi connectivity index (χ0v) is 53.8. The van der Waals surface area contributed by atoms with Crippen molar-refractivity contribution < 1.29 is 0 Å². The predicted octanol–water partition coefficient (Wildman–Crippen LogP) is 21.3. The van der Waals surface area contributed by atoms with E-state index in [4.69, 9.17) is 44.9 Å². The molecule has 0 aliphatic heterocycles. The molecule has 0 radical (unpaired) electrons. The molecule has 0 fully saturated rings. The lowest BCUT2D eigenvalue weighted by Gasteiger charge is -2.13. The molecule has 11 heteroatoms. The van der Waals surface area contributed by atoms with E-state index in [-0.39, 0.29) is 0 Å². The summed E-state index contributed by atoms with van der Waals surface area (Å²) in [4.78, 5) is 54.2. The standard InChI is InChI=1S/C45H29N5.C44H28N6/c1-3-11-30(12-4-1)43-29-44(50-45(49-43)33-13-5-2-6-14-33)37-16-8-7-15-36(37)38-24-22-31-18-20-34(27-41(31)47-38)35-21-19-32-23-25-40(48-42(32)28-35)39-17-9-10-26-46-39;1-3-11-31(12-4-1)42-48-43(32-13-5-2-6-14-32)50-44(49-42)36-16-8-7-15-35(36)37-24-22-29-18-20-33(27-40(29)46-37)34-21-19-30-23-25-39(47-41(30)28-34)38-17-9-10-26-45-38/h1-29H;1-28H. The van der Waals surface area contributed by atoms with Crippen molar-refractivity contribution >= 4 is 43.6 Å². The fourth-order valence-corrected chi connectivity index (χ4v) is 12.6. The third kappa shape index (κ3) is 12.5. The second kappa shape index (κ2) is 26.8. The summed E-state index contributed by atoms with van der Waals surface area (Å²) in [5.74, 6) is 2.53. The second-order valence-corrected chi connectivity index (χ2v) is 24.2. The van der Waals surface area contributed by atoms with E-state index in [2.05, 4.69) is 174 Å². The van der Waals surface area contributed by atoms with E-state index >= 15 is 0 Å². The van der Waals surface area contributed by atoms with Crippen LogP contribution in [0.3, 0.4) is 0 Å². The van der Waals surface area contributed by atoms with Crippen LogP contribution >= 0.6 is 0 Å². The van der Waals surface area contributed by atoms with Gasteiger partial charge in [-0.1, -0.05) is 255 Å². The monoisotopic (exact) mass is 1280 g/mol. The molecule has 11 nitrogen and oxygen atoms in total. The van der Waals surface area contributed by atoms with Crippen LogP contribution in [0.15, 0.2) is 346 Å². The number of fused-ring (bicyclic) bond motifs is 4. The van der Waals surface area contributed by atoms with Crippen molar-refractivity contribution in [3.63, 3.8) is 0 Å². The van der Waals surface area contributed by atoms with E-state index in [1.54, 1.807) is 12.4 Å². The van der Waals surface area contributed by atoms with Crippen molar-refractivity contribution in [1.29, 1.82) is 0 Å². The highest BCUT2D eigenvalue weighted by atomic mass is 15.0. The molecule has 8 aromatic heterocycles. The topological polar surface area (TPSA) is 142 Å². The SMILES string of the molecule is c1ccc(-c2cc(-c3ccccc3-c3ccc4ccc(-c5ccc6ccc(-c7ccccn7)nc6c5)cc4n3)nc(-c3ccccc3)n2)cc1.c1ccc(-c2nc(-c3ccccc3)nc(-c3ccccc3-c3ccc4ccc(-c5ccc6ccc(-c7ccccn7)nc6c5)cc4n3)n2)cc1. The van der Waals surface area contributed by atoms with Crippen LogP contribution in [-0.2, 0) is 0 Å². The highest BCUT2D eigenvalue weighted by Crippen LogP contribution is 2.38. The van der Waals surface area contributed by atoms with E-state index < -0.39 is 0 Å². The predicted molar refractivity (Wildman–Crippen MR) is 404 cm³/mol. The van der Waals surface area contributed by atoms with Crippen LogP contribution in [0.1, 0.15) is 0 Å². The van der Waals surface area contributed by atoms with Gasteiger partial charge in [0.15, 0.2) is 23.3 Å². The summed E-state index contributed by atoms with van der Waals surface area (Å²) in [6.07, 6.45) is 3.59. The lowest BCUT2D eigenvalue weighted by Crippen LogP contribution is -2.01. The van der Waals surface area contributed by atoms with Gasteiger partial charge in [-0.3, -0.25) is 9.97 Å². The van der Waals surface area contributed by atoms with Gasteiger partial charge in [0.2, 0.25) is 0 Å². The molecule has 0 unspecified atom stereocenters. The molecule has 10 aromatic carbocycles. The van der Waals surface area contributed by atoms with Gasteiger partial charge in [-0.05, 0) is 101 Å². The molecule has 0 bridgehead atoms. The smallest absolute Gasteiger partial charge is 0.164 e. The molecule has 0 N–H and O–H groups in total. The molecule has 0 saturated carbocycles. The number of nitrogens with zero attached hydrogens (tertiary/aromatic N) is 11. The molecule has 468 valence electrons. The summed E-state index contributed by atoms with van der Waals surface area (Å²) in [7, 11) is 0. The summed E-state index contributed by atoms with van der Waals surface area (Å²) >= 11 is 0. The van der Waals surface area contributed by atoms with Gasteiger partial charge < -0.3 is 0 Å². The Kier molecular flexibility index (Phi) is 16.1. The lowest BCUT2D eigenvalue weighted by molar-refractivity contribution is 1.07. The van der Waals surface area contributed by atoms with Crippen LogP contribution in [0.5, 0.6) is 0 Å². The van der Waals surface area contributed by atoms with Gasteiger partial charge in [-0.25, -0.2) is 44.9 Å². The Hall–Kier alpha value is -13.8. The second-order valence-electron chi connectivity index (χ2n) is 24.2. The number of benzene rings is 10. The van der Waals surface area contributed by atoms with E-state index in [9.17, 15) is 0 Å². The molecule has 8 heterocycles. The fraction of sp³-hybridized carbons (Fsp3) is 0. The average Bonchev–Trinajstić information content (AvgIpc) is 0.802. The Morgan fingerprint density at radius 3 is 0.850 bits per heavy atom. The minimum atomic E-state index is 0.595. The third-order valence-corrected chi connectivity index (χ3v) is 17.7. The van der Waals surface area contributed by atoms with Crippen LogP contribution in [0.2, 0.25) is 0 Å². The number of hydrogen-bond donors (Lipinski definition) is 0. The normalized spacial score (nSPS) is 11.2. The molecule has 0 atom stereocenters. The molecule has 0 aliphatic rings. The van der Waals surface area contributed by atoms with Crippen LogP contribution in [0.25, 0.3) is 179 Å². The maximum absolute atomic E-state index is 5.23. The molecule has 0 spiro atoms. The Morgan fingerprint density at radius 1 is 0.150 bits per heavy atom. The van der Waals surface area contributed by atoms with Crippen molar-refractivity contribution in [1.82, 2.24) is 54.8 Å². The van der Waals surface area contributed by atoms with E-state index in [0.29, 0.717) is 23.3 Å². The molecule has 100 heavy (non-hydrogen) atoms. The van der Waals surface area contributed by atoms with Crippen molar-refractivity contribution in [2.75, 3.05) is 0 Å². The minimum Gasteiger partial charge on any atom is -0.255 e. The molecule has 0 saturated heterocycles. The molecular formula is C89H57N11. The summed E-state index contributed by atoms with van der Waals surface area (Å²) in [6, 6.07) is 113. The highest BCUT2D eigenvalue weighted by Gasteiger charge is 2.19. The van der Waals surface area contributed by atoms with E-state index in [1.807, 2.05) is 170 Å². The summed E-state index contributed by atoms with van der Waals surface area (Å²) in [5, 5.41) is 4.30. The molecule has 0 amide bonds. The molecular weight excluding hydrogens is 1220 g/mol.